The van der Waals surface area contributed by atoms with Gasteiger partial charge in [-0.05, 0) is 87.7 Å². The first-order valence-corrected chi connectivity index (χ1v) is 14.4. The molecule has 4 heteroatoms. The number of allylic oxidation sites excluding steroid dienone is 3. The van der Waals surface area contributed by atoms with Crippen LogP contribution < -0.4 is 0 Å². The molecule has 0 amide bonds. The Morgan fingerprint density at radius 1 is 0.800 bits per heavy atom. The molecule has 0 N–H and O–H groups in total. The first-order chi connectivity index (χ1) is 14.3. The van der Waals surface area contributed by atoms with Crippen LogP contribution in [-0.4, -0.2) is 21.5 Å². The minimum Gasteiger partial charge on any atom is -0.179 e. The highest BCUT2D eigenvalue weighted by molar-refractivity contribution is 7.81. The summed E-state index contributed by atoms with van der Waals surface area (Å²) in [6.07, 6.45) is 21.3. The second-order valence-corrected chi connectivity index (χ2v) is 11.9. The van der Waals surface area contributed by atoms with Crippen LogP contribution in [-0.2, 0) is 0 Å². The second-order valence-electron chi connectivity index (χ2n) is 9.19. The lowest BCUT2D eigenvalue weighted by atomic mass is 9.83. The summed E-state index contributed by atoms with van der Waals surface area (Å²) in [5.41, 5.74) is 0. The van der Waals surface area contributed by atoms with E-state index >= 15 is 0 Å². The maximum Gasteiger partial charge on any atom is 0.00197 e. The average Bonchev–Trinajstić information content (AvgIpc) is 2.71. The Hall–Kier alpha value is 0.880. The molecule has 0 saturated carbocycles. The van der Waals surface area contributed by atoms with E-state index in [0.29, 0.717) is 27.6 Å². The standard InChI is InChI=1S/C26H50S4/c1-5-7-8-9-12-25(29)13-10-11-14-26(30)16-15-23(6-2)20-24(17-18-27)19-21(3)22(4)28/h6-8,21-30H,2,5,9-20H2,1,3-4H3/b8-7+. The molecular formula is C26H50S4. The largest absolute Gasteiger partial charge is 0.179 e. The molecule has 6 unspecified atom stereocenters. The van der Waals surface area contributed by atoms with E-state index in [1.54, 1.807) is 0 Å². The molecule has 0 aliphatic heterocycles. The van der Waals surface area contributed by atoms with Crippen molar-refractivity contribution in [3.05, 3.63) is 24.8 Å². The summed E-state index contributed by atoms with van der Waals surface area (Å²) in [7, 11) is 0. The molecule has 0 nitrogen and oxygen atoms in total. The minimum absolute atomic E-state index is 0.459. The van der Waals surface area contributed by atoms with Gasteiger partial charge in [-0.3, -0.25) is 0 Å². The summed E-state index contributed by atoms with van der Waals surface area (Å²) in [5, 5.41) is 1.51. The Labute approximate surface area is 211 Å². The van der Waals surface area contributed by atoms with Crippen molar-refractivity contribution in [2.45, 2.75) is 114 Å². The quantitative estimate of drug-likeness (QED) is 0.0729. The van der Waals surface area contributed by atoms with E-state index in [4.69, 9.17) is 25.3 Å². The van der Waals surface area contributed by atoms with E-state index in [0.717, 1.165) is 18.1 Å². The number of rotatable bonds is 20. The molecule has 0 heterocycles. The predicted molar refractivity (Wildman–Crippen MR) is 154 cm³/mol. The number of hydrogen-bond acceptors (Lipinski definition) is 4. The SMILES string of the molecule is C=CC(CCC(S)CCCCC(S)CC/C=C/CC)CC(CCS)CC(C)C(C)S. The van der Waals surface area contributed by atoms with Crippen LogP contribution in [0.15, 0.2) is 24.8 Å². The van der Waals surface area contributed by atoms with E-state index in [9.17, 15) is 0 Å². The molecule has 0 aromatic carbocycles. The van der Waals surface area contributed by atoms with Crippen molar-refractivity contribution in [1.82, 2.24) is 0 Å². The Balaban J connectivity index is 4.10. The second kappa shape index (κ2) is 20.5. The van der Waals surface area contributed by atoms with Gasteiger partial charge in [-0.25, -0.2) is 0 Å². The van der Waals surface area contributed by atoms with Crippen LogP contribution >= 0.6 is 50.5 Å². The number of thiol groups is 4. The molecule has 0 bridgehead atoms. The van der Waals surface area contributed by atoms with Crippen LogP contribution in [0.2, 0.25) is 0 Å². The van der Waals surface area contributed by atoms with Crippen molar-refractivity contribution in [3.8, 4) is 0 Å². The summed E-state index contributed by atoms with van der Waals surface area (Å²) < 4.78 is 0. The molecule has 0 aliphatic rings. The van der Waals surface area contributed by atoms with Gasteiger partial charge in [-0.1, -0.05) is 51.8 Å². The fourth-order valence-electron chi connectivity index (χ4n) is 4.03. The Morgan fingerprint density at radius 2 is 1.43 bits per heavy atom. The van der Waals surface area contributed by atoms with Gasteiger partial charge >= 0.3 is 0 Å². The van der Waals surface area contributed by atoms with Crippen molar-refractivity contribution >= 4 is 50.5 Å². The van der Waals surface area contributed by atoms with Crippen molar-refractivity contribution in [1.29, 1.82) is 0 Å². The van der Waals surface area contributed by atoms with E-state index < -0.39 is 0 Å². The van der Waals surface area contributed by atoms with Crippen molar-refractivity contribution in [2.75, 3.05) is 5.75 Å². The first-order valence-electron chi connectivity index (χ1n) is 12.3. The van der Waals surface area contributed by atoms with Crippen LogP contribution in [0.5, 0.6) is 0 Å². The molecule has 0 aromatic heterocycles. The van der Waals surface area contributed by atoms with Gasteiger partial charge in [0.05, 0.1) is 0 Å². The lowest BCUT2D eigenvalue weighted by molar-refractivity contribution is 0.319. The van der Waals surface area contributed by atoms with Gasteiger partial charge in [0.25, 0.3) is 0 Å². The highest BCUT2D eigenvalue weighted by Gasteiger charge is 2.19. The molecule has 0 rings (SSSR count). The van der Waals surface area contributed by atoms with Gasteiger partial charge in [-0.2, -0.15) is 50.5 Å². The highest BCUT2D eigenvalue weighted by Crippen LogP contribution is 2.30. The third kappa shape index (κ3) is 17.4. The van der Waals surface area contributed by atoms with Crippen LogP contribution in [0.3, 0.4) is 0 Å². The van der Waals surface area contributed by atoms with Gasteiger partial charge in [0.2, 0.25) is 0 Å². The summed E-state index contributed by atoms with van der Waals surface area (Å²) in [4.78, 5) is 0. The average molecular weight is 491 g/mol. The van der Waals surface area contributed by atoms with E-state index in [2.05, 4.69) is 70.8 Å². The lowest BCUT2D eigenvalue weighted by Gasteiger charge is -2.26. The molecule has 0 saturated heterocycles. The molecule has 0 aliphatic carbocycles. The normalized spacial score (nSPS) is 18.1. The predicted octanol–water partition coefficient (Wildman–Crippen LogP) is 9.14. The fraction of sp³-hybridized carbons (Fsp3) is 0.846. The maximum atomic E-state index is 4.88. The molecule has 6 atom stereocenters. The summed E-state index contributed by atoms with van der Waals surface area (Å²) in [6.45, 7) is 10.8. The first kappa shape index (κ1) is 30.9. The third-order valence-electron chi connectivity index (χ3n) is 6.30. The molecule has 0 spiro atoms. The van der Waals surface area contributed by atoms with Gasteiger partial charge < -0.3 is 0 Å². The zero-order chi connectivity index (χ0) is 22.8. The monoisotopic (exact) mass is 490 g/mol. The topological polar surface area (TPSA) is 0 Å². The van der Waals surface area contributed by atoms with Gasteiger partial charge in [0.15, 0.2) is 0 Å². The van der Waals surface area contributed by atoms with Crippen molar-refractivity contribution in [2.24, 2.45) is 17.8 Å². The van der Waals surface area contributed by atoms with Crippen LogP contribution in [0, 0.1) is 17.8 Å². The minimum atomic E-state index is 0.459. The molecule has 0 aromatic rings. The molecular weight excluding hydrogens is 441 g/mol. The fourth-order valence-corrected chi connectivity index (χ4v) is 5.18. The van der Waals surface area contributed by atoms with Gasteiger partial charge in [0.1, 0.15) is 0 Å². The number of unbranched alkanes of at least 4 members (excludes halogenated alkanes) is 1. The van der Waals surface area contributed by atoms with Crippen LogP contribution in [0.1, 0.15) is 97.8 Å². The molecule has 0 fully saturated rings. The molecule has 30 heavy (non-hydrogen) atoms. The third-order valence-corrected chi connectivity index (χ3v) is 8.10. The Bertz CT molecular complexity index is 421. The zero-order valence-electron chi connectivity index (χ0n) is 19.9. The van der Waals surface area contributed by atoms with Gasteiger partial charge in [0, 0.05) is 15.7 Å². The van der Waals surface area contributed by atoms with E-state index in [-0.39, 0.29) is 0 Å². The van der Waals surface area contributed by atoms with E-state index in [1.807, 2.05) is 0 Å². The van der Waals surface area contributed by atoms with E-state index in [1.165, 1.54) is 70.6 Å². The maximum absolute atomic E-state index is 4.88. The Kier molecular flexibility index (Phi) is 21.1. The lowest BCUT2D eigenvalue weighted by Crippen LogP contribution is -2.17. The summed E-state index contributed by atoms with van der Waals surface area (Å²) in [6, 6.07) is 0. The smallest absolute Gasteiger partial charge is 0.00197 e. The van der Waals surface area contributed by atoms with Gasteiger partial charge in [-0.15, -0.1) is 6.58 Å². The zero-order valence-corrected chi connectivity index (χ0v) is 23.5. The summed E-state index contributed by atoms with van der Waals surface area (Å²) in [5.74, 6) is 2.95. The molecule has 178 valence electrons. The van der Waals surface area contributed by atoms with Crippen molar-refractivity contribution in [3.63, 3.8) is 0 Å². The summed E-state index contributed by atoms with van der Waals surface area (Å²) >= 11 is 18.8. The molecule has 0 radical (unpaired) electrons. The van der Waals surface area contributed by atoms with Crippen molar-refractivity contribution < 1.29 is 0 Å². The van der Waals surface area contributed by atoms with Crippen LogP contribution in [0.25, 0.3) is 0 Å². The van der Waals surface area contributed by atoms with Crippen LogP contribution in [0.4, 0.5) is 0 Å². The highest BCUT2D eigenvalue weighted by atomic mass is 32.1. The number of hydrogen-bond donors (Lipinski definition) is 4. The Morgan fingerprint density at radius 3 is 1.97 bits per heavy atom.